The van der Waals surface area contributed by atoms with Crippen LogP contribution in [0.25, 0.3) is 0 Å². The molecule has 3 heterocycles. The molecule has 1 aromatic heterocycles. The molecular weight excluding hydrogens is 368 g/mol. The van der Waals surface area contributed by atoms with Gasteiger partial charge in [0.25, 0.3) is 0 Å². The minimum Gasteiger partial charge on any atom is -0.497 e. The minimum absolute atomic E-state index is 0.0584. The number of methoxy groups -OCH3 is 1. The van der Waals surface area contributed by atoms with E-state index in [4.69, 9.17) is 4.74 Å². The second kappa shape index (κ2) is 8.51. The normalized spacial score (nSPS) is 19.3. The van der Waals surface area contributed by atoms with Crippen LogP contribution in [0, 0.1) is 5.92 Å². The van der Waals surface area contributed by atoms with Crippen molar-refractivity contribution in [2.24, 2.45) is 5.92 Å². The molecule has 2 saturated heterocycles. The van der Waals surface area contributed by atoms with Crippen LogP contribution < -0.4 is 19.9 Å². The van der Waals surface area contributed by atoms with Gasteiger partial charge in [0.05, 0.1) is 24.9 Å². The van der Waals surface area contributed by atoms with E-state index in [0.717, 1.165) is 24.6 Å². The molecule has 0 aliphatic carbocycles. The smallest absolute Gasteiger partial charge is 0.229 e. The highest BCUT2D eigenvalue weighted by Gasteiger charge is 2.35. The number of piperidine rings is 1. The van der Waals surface area contributed by atoms with Crippen LogP contribution in [0.3, 0.4) is 0 Å². The fraction of sp³-hybridized carbons (Fsp3) is 0.409. The number of ether oxygens (including phenoxy) is 1. The first-order valence-corrected chi connectivity index (χ1v) is 10.1. The molecule has 0 spiro atoms. The first-order chi connectivity index (χ1) is 14.1. The summed E-state index contributed by atoms with van der Waals surface area (Å²) in [5.41, 5.74) is 1.40. The van der Waals surface area contributed by atoms with Gasteiger partial charge in [0.1, 0.15) is 11.6 Å². The Labute approximate surface area is 170 Å². The molecule has 0 saturated carbocycles. The van der Waals surface area contributed by atoms with E-state index in [0.29, 0.717) is 18.0 Å². The highest BCUT2D eigenvalue weighted by Crippen LogP contribution is 2.28. The van der Waals surface area contributed by atoms with Crippen LogP contribution in [0.15, 0.2) is 42.6 Å². The molecule has 7 heteroatoms. The molecular formula is C22H26N4O3. The van der Waals surface area contributed by atoms with Gasteiger partial charge in [-0.25, -0.2) is 4.98 Å². The van der Waals surface area contributed by atoms with Crippen LogP contribution in [-0.4, -0.2) is 43.5 Å². The number of nitrogens with zero attached hydrogens (tertiary/aromatic N) is 3. The van der Waals surface area contributed by atoms with Crippen molar-refractivity contribution in [1.29, 1.82) is 0 Å². The Morgan fingerprint density at radius 2 is 2.00 bits per heavy atom. The van der Waals surface area contributed by atoms with Crippen LogP contribution in [0.2, 0.25) is 0 Å². The molecule has 2 aliphatic heterocycles. The zero-order chi connectivity index (χ0) is 20.2. The Morgan fingerprint density at radius 1 is 1.17 bits per heavy atom. The first kappa shape index (κ1) is 19.2. The molecule has 29 heavy (non-hydrogen) atoms. The number of hydrogen-bond acceptors (Lipinski definition) is 5. The number of benzene rings is 1. The maximum Gasteiger partial charge on any atom is 0.229 e. The lowest BCUT2D eigenvalue weighted by Gasteiger charge is -2.27. The SMILES string of the molecule is COc1cccc(N2C[C@@H](C(=O)Nc3ccc(N4CCCCC4)nc3)CC2=O)c1. The minimum atomic E-state index is -0.393. The number of anilines is 3. The zero-order valence-electron chi connectivity index (χ0n) is 16.6. The molecule has 4 rings (SSSR count). The molecule has 7 nitrogen and oxygen atoms in total. The van der Waals surface area contributed by atoms with Gasteiger partial charge in [0.2, 0.25) is 11.8 Å². The van der Waals surface area contributed by atoms with Crippen LogP contribution in [0.4, 0.5) is 17.2 Å². The maximum atomic E-state index is 12.7. The molecule has 2 fully saturated rings. The van der Waals surface area contributed by atoms with Crippen LogP contribution >= 0.6 is 0 Å². The number of aromatic nitrogens is 1. The van der Waals surface area contributed by atoms with Crippen molar-refractivity contribution in [2.75, 3.05) is 41.9 Å². The van der Waals surface area contributed by atoms with Crippen molar-refractivity contribution in [3.8, 4) is 5.75 Å². The van der Waals surface area contributed by atoms with E-state index < -0.39 is 5.92 Å². The van der Waals surface area contributed by atoms with Gasteiger partial charge in [0, 0.05) is 37.8 Å². The Bertz CT molecular complexity index is 878. The average molecular weight is 394 g/mol. The predicted octanol–water partition coefficient (Wildman–Crippen LogP) is 3.07. The first-order valence-electron chi connectivity index (χ1n) is 10.1. The van der Waals surface area contributed by atoms with Gasteiger partial charge < -0.3 is 19.9 Å². The number of carbonyl (C=O) groups is 2. The highest BCUT2D eigenvalue weighted by atomic mass is 16.5. The number of nitrogens with one attached hydrogen (secondary N) is 1. The van der Waals surface area contributed by atoms with E-state index >= 15 is 0 Å². The fourth-order valence-electron chi connectivity index (χ4n) is 3.93. The van der Waals surface area contributed by atoms with Crippen LogP contribution in [0.1, 0.15) is 25.7 Å². The van der Waals surface area contributed by atoms with E-state index in [1.54, 1.807) is 24.3 Å². The highest BCUT2D eigenvalue weighted by molar-refractivity contribution is 6.03. The summed E-state index contributed by atoms with van der Waals surface area (Å²) < 4.78 is 5.23. The van der Waals surface area contributed by atoms with E-state index in [-0.39, 0.29) is 18.2 Å². The van der Waals surface area contributed by atoms with E-state index in [2.05, 4.69) is 15.2 Å². The Balaban J connectivity index is 1.38. The Kier molecular flexibility index (Phi) is 5.64. The molecule has 1 N–H and O–H groups in total. The molecule has 0 radical (unpaired) electrons. The lowest BCUT2D eigenvalue weighted by Crippen LogP contribution is -2.30. The van der Waals surface area contributed by atoms with Gasteiger partial charge in [-0.15, -0.1) is 0 Å². The summed E-state index contributed by atoms with van der Waals surface area (Å²) in [6.45, 7) is 2.42. The summed E-state index contributed by atoms with van der Waals surface area (Å²) in [5.74, 6) is 1.02. The summed E-state index contributed by atoms with van der Waals surface area (Å²) in [4.78, 5) is 33.6. The maximum absolute atomic E-state index is 12.7. The summed E-state index contributed by atoms with van der Waals surface area (Å²) in [6.07, 6.45) is 5.55. The molecule has 0 unspecified atom stereocenters. The Hall–Kier alpha value is -3.09. The third-order valence-electron chi connectivity index (χ3n) is 5.56. The summed E-state index contributed by atoms with van der Waals surface area (Å²) in [7, 11) is 1.59. The lowest BCUT2D eigenvalue weighted by atomic mass is 10.1. The number of pyridine rings is 1. The van der Waals surface area contributed by atoms with E-state index in [1.807, 2.05) is 30.3 Å². The average Bonchev–Trinajstić information content (AvgIpc) is 3.17. The van der Waals surface area contributed by atoms with Crippen LogP contribution in [-0.2, 0) is 9.59 Å². The van der Waals surface area contributed by atoms with Crippen molar-refractivity contribution in [3.63, 3.8) is 0 Å². The molecule has 2 aliphatic rings. The second-order valence-electron chi connectivity index (χ2n) is 7.55. The molecule has 1 atom stereocenters. The summed E-state index contributed by atoms with van der Waals surface area (Å²) in [5, 5.41) is 2.91. The van der Waals surface area contributed by atoms with Gasteiger partial charge in [-0.3, -0.25) is 9.59 Å². The van der Waals surface area contributed by atoms with Crippen molar-refractivity contribution in [1.82, 2.24) is 4.98 Å². The number of amides is 2. The van der Waals surface area contributed by atoms with Crippen molar-refractivity contribution >= 4 is 29.0 Å². The molecule has 0 bridgehead atoms. The van der Waals surface area contributed by atoms with Crippen molar-refractivity contribution < 1.29 is 14.3 Å². The third kappa shape index (κ3) is 4.34. The topological polar surface area (TPSA) is 74.8 Å². The third-order valence-corrected chi connectivity index (χ3v) is 5.56. The van der Waals surface area contributed by atoms with Gasteiger partial charge in [-0.05, 0) is 43.5 Å². The largest absolute Gasteiger partial charge is 0.497 e. The number of hydrogen-bond donors (Lipinski definition) is 1. The number of rotatable bonds is 5. The molecule has 152 valence electrons. The van der Waals surface area contributed by atoms with Gasteiger partial charge >= 0.3 is 0 Å². The quantitative estimate of drug-likeness (QED) is 0.844. The fourth-order valence-corrected chi connectivity index (χ4v) is 3.93. The van der Waals surface area contributed by atoms with Gasteiger partial charge in [0.15, 0.2) is 0 Å². The molecule has 1 aromatic carbocycles. The number of carbonyl (C=O) groups excluding carboxylic acids is 2. The van der Waals surface area contributed by atoms with E-state index in [9.17, 15) is 9.59 Å². The second-order valence-corrected chi connectivity index (χ2v) is 7.55. The zero-order valence-corrected chi connectivity index (χ0v) is 16.6. The van der Waals surface area contributed by atoms with E-state index in [1.165, 1.54) is 19.3 Å². The van der Waals surface area contributed by atoms with Crippen molar-refractivity contribution in [3.05, 3.63) is 42.6 Å². The summed E-state index contributed by atoms with van der Waals surface area (Å²) >= 11 is 0. The molecule has 2 amide bonds. The van der Waals surface area contributed by atoms with Crippen LogP contribution in [0.5, 0.6) is 5.75 Å². The monoisotopic (exact) mass is 394 g/mol. The molecule has 2 aromatic rings. The lowest BCUT2D eigenvalue weighted by molar-refractivity contribution is -0.122. The Morgan fingerprint density at radius 3 is 2.72 bits per heavy atom. The predicted molar refractivity (Wildman–Crippen MR) is 112 cm³/mol. The van der Waals surface area contributed by atoms with Gasteiger partial charge in [-0.1, -0.05) is 6.07 Å². The standard InChI is InChI=1S/C22H26N4O3/c1-29-19-7-5-6-18(13-19)26-15-16(12-21(26)27)22(28)24-17-8-9-20(23-14-17)25-10-3-2-4-11-25/h5-9,13-14,16H,2-4,10-12,15H2,1H3,(H,24,28)/t16-/m0/s1. The summed E-state index contributed by atoms with van der Waals surface area (Å²) in [6, 6.07) is 11.2. The van der Waals surface area contributed by atoms with Crippen molar-refractivity contribution in [2.45, 2.75) is 25.7 Å². The van der Waals surface area contributed by atoms with Gasteiger partial charge in [-0.2, -0.15) is 0 Å².